The molecule has 3 aromatic rings. The molecule has 0 aliphatic heterocycles. The molecule has 126 valence electrons. The van der Waals surface area contributed by atoms with Crippen molar-refractivity contribution < 1.29 is 9.18 Å². The van der Waals surface area contributed by atoms with Gasteiger partial charge in [-0.25, -0.2) is 9.37 Å². The van der Waals surface area contributed by atoms with E-state index < -0.39 is 0 Å². The third-order valence-electron chi connectivity index (χ3n) is 3.72. The lowest BCUT2D eigenvalue weighted by molar-refractivity contribution is 0.0946. The number of aryl methyl sites for hydroxylation is 1. The van der Waals surface area contributed by atoms with E-state index in [1.54, 1.807) is 30.3 Å². The van der Waals surface area contributed by atoms with Gasteiger partial charge in [-0.3, -0.25) is 4.79 Å². The molecule has 0 aliphatic carbocycles. The van der Waals surface area contributed by atoms with E-state index in [4.69, 9.17) is 0 Å². The number of nitrogens with zero attached hydrogens (tertiary/aromatic N) is 1. The van der Waals surface area contributed by atoms with E-state index in [0.717, 1.165) is 5.56 Å². The largest absolute Gasteiger partial charge is 0.352 e. The first-order valence-electron chi connectivity index (χ1n) is 7.93. The minimum absolute atomic E-state index is 0.252. The molecular formula is C20H18FN3O. The number of para-hydroxylation sites is 1. The molecule has 0 aliphatic rings. The average molecular weight is 335 g/mol. The summed E-state index contributed by atoms with van der Waals surface area (Å²) in [7, 11) is 0. The molecule has 0 radical (unpaired) electrons. The van der Waals surface area contributed by atoms with Crippen molar-refractivity contribution >= 4 is 17.3 Å². The summed E-state index contributed by atoms with van der Waals surface area (Å²) in [6.45, 7) is 2.46. The lowest BCUT2D eigenvalue weighted by Gasteiger charge is -2.08. The number of halogens is 1. The van der Waals surface area contributed by atoms with Gasteiger partial charge in [-0.15, -0.1) is 0 Å². The Morgan fingerprint density at radius 1 is 1.04 bits per heavy atom. The number of pyridine rings is 1. The summed E-state index contributed by atoms with van der Waals surface area (Å²) in [6.07, 6.45) is 1.51. The Kier molecular flexibility index (Phi) is 5.04. The van der Waals surface area contributed by atoms with Crippen molar-refractivity contribution in [2.45, 2.75) is 13.5 Å². The number of hydrogen-bond acceptors (Lipinski definition) is 3. The summed E-state index contributed by atoms with van der Waals surface area (Å²) in [5.41, 5.74) is 3.48. The monoisotopic (exact) mass is 335 g/mol. The van der Waals surface area contributed by atoms with Crippen molar-refractivity contribution in [3.05, 3.63) is 89.5 Å². The molecular weight excluding hydrogens is 317 g/mol. The first-order chi connectivity index (χ1) is 12.1. The minimum atomic E-state index is -0.345. The molecule has 2 aromatic carbocycles. The van der Waals surface area contributed by atoms with Crippen molar-refractivity contribution in [3.63, 3.8) is 0 Å². The van der Waals surface area contributed by atoms with E-state index in [1.807, 2.05) is 31.2 Å². The molecule has 2 N–H and O–H groups in total. The molecule has 0 fully saturated rings. The van der Waals surface area contributed by atoms with Crippen molar-refractivity contribution in [1.82, 2.24) is 10.3 Å². The zero-order valence-electron chi connectivity index (χ0n) is 13.8. The Hall–Kier alpha value is -3.21. The fraction of sp³-hybridized carbons (Fsp3) is 0.100. The maximum absolute atomic E-state index is 13.6. The number of carbonyl (C=O) groups is 1. The fourth-order valence-electron chi connectivity index (χ4n) is 2.30. The van der Waals surface area contributed by atoms with Crippen LogP contribution in [0, 0.1) is 12.7 Å². The smallest absolute Gasteiger partial charge is 0.270 e. The van der Waals surface area contributed by atoms with Gasteiger partial charge >= 0.3 is 0 Å². The molecule has 4 nitrogen and oxygen atoms in total. The van der Waals surface area contributed by atoms with Gasteiger partial charge < -0.3 is 10.6 Å². The quantitative estimate of drug-likeness (QED) is 0.735. The number of amides is 1. The summed E-state index contributed by atoms with van der Waals surface area (Å²) in [4.78, 5) is 16.3. The van der Waals surface area contributed by atoms with Gasteiger partial charge in [0, 0.05) is 6.54 Å². The maximum Gasteiger partial charge on any atom is 0.270 e. The van der Waals surface area contributed by atoms with Crippen LogP contribution in [-0.4, -0.2) is 10.9 Å². The molecule has 1 amide bonds. The number of rotatable bonds is 5. The van der Waals surface area contributed by atoms with Crippen LogP contribution >= 0.6 is 0 Å². The molecule has 3 rings (SSSR count). The van der Waals surface area contributed by atoms with Crippen LogP contribution in [-0.2, 0) is 6.54 Å². The molecule has 5 heteroatoms. The summed E-state index contributed by atoms with van der Waals surface area (Å²) < 4.78 is 13.6. The van der Waals surface area contributed by atoms with Gasteiger partial charge in [0.2, 0.25) is 0 Å². The van der Waals surface area contributed by atoms with E-state index in [2.05, 4.69) is 15.6 Å². The maximum atomic E-state index is 13.6. The molecule has 1 aromatic heterocycles. The summed E-state index contributed by atoms with van der Waals surface area (Å²) in [5.74, 6) is -0.597. The highest BCUT2D eigenvalue weighted by atomic mass is 19.1. The minimum Gasteiger partial charge on any atom is -0.352 e. The number of benzene rings is 2. The van der Waals surface area contributed by atoms with Crippen LogP contribution in [0.25, 0.3) is 0 Å². The molecule has 25 heavy (non-hydrogen) atoms. The first kappa shape index (κ1) is 16.6. The third-order valence-corrected chi connectivity index (χ3v) is 3.72. The van der Waals surface area contributed by atoms with Crippen LogP contribution in [0.5, 0.6) is 0 Å². The van der Waals surface area contributed by atoms with Gasteiger partial charge in [0.05, 0.1) is 17.6 Å². The topological polar surface area (TPSA) is 54.0 Å². The van der Waals surface area contributed by atoms with Crippen molar-refractivity contribution in [1.29, 1.82) is 0 Å². The van der Waals surface area contributed by atoms with Gasteiger partial charge in [-0.2, -0.15) is 0 Å². The van der Waals surface area contributed by atoms with Crippen LogP contribution in [0.2, 0.25) is 0 Å². The highest BCUT2D eigenvalue weighted by molar-refractivity contribution is 5.92. The number of hydrogen-bond donors (Lipinski definition) is 2. The predicted octanol–water partition coefficient (Wildman–Crippen LogP) is 4.20. The van der Waals surface area contributed by atoms with Gasteiger partial charge in [-0.05, 0) is 36.8 Å². The van der Waals surface area contributed by atoms with Gasteiger partial charge in [0.25, 0.3) is 5.91 Å². The van der Waals surface area contributed by atoms with E-state index in [0.29, 0.717) is 23.6 Å². The second-order valence-corrected chi connectivity index (χ2v) is 5.71. The predicted molar refractivity (Wildman–Crippen MR) is 96.3 cm³/mol. The lowest BCUT2D eigenvalue weighted by Crippen LogP contribution is -2.23. The molecule has 0 bridgehead atoms. The lowest BCUT2D eigenvalue weighted by atomic mass is 10.1. The molecule has 0 saturated heterocycles. The molecule has 0 spiro atoms. The molecule has 0 unspecified atom stereocenters. The Balaban J connectivity index is 1.60. The molecule has 0 atom stereocenters. The second kappa shape index (κ2) is 7.57. The van der Waals surface area contributed by atoms with E-state index in [1.165, 1.54) is 17.8 Å². The van der Waals surface area contributed by atoms with E-state index in [-0.39, 0.29) is 11.7 Å². The normalized spacial score (nSPS) is 10.3. The van der Waals surface area contributed by atoms with Crippen molar-refractivity contribution in [2.24, 2.45) is 0 Å². The fourth-order valence-corrected chi connectivity index (χ4v) is 2.30. The number of nitrogens with one attached hydrogen (secondary N) is 2. The highest BCUT2D eigenvalue weighted by Gasteiger charge is 2.08. The van der Waals surface area contributed by atoms with Crippen LogP contribution in [0.3, 0.4) is 0 Å². The molecule has 0 saturated carbocycles. The summed E-state index contributed by atoms with van der Waals surface area (Å²) in [6, 6.07) is 17.6. The Morgan fingerprint density at radius 3 is 2.48 bits per heavy atom. The molecule has 1 heterocycles. The van der Waals surface area contributed by atoms with Crippen molar-refractivity contribution in [3.8, 4) is 0 Å². The zero-order valence-corrected chi connectivity index (χ0v) is 13.8. The number of aromatic nitrogens is 1. The number of carbonyl (C=O) groups excluding carboxylic acids is 1. The zero-order chi connectivity index (χ0) is 17.6. The van der Waals surface area contributed by atoms with Crippen LogP contribution < -0.4 is 10.6 Å². The first-order valence-corrected chi connectivity index (χ1v) is 7.93. The number of anilines is 2. The Labute approximate surface area is 145 Å². The Morgan fingerprint density at radius 2 is 1.80 bits per heavy atom. The van der Waals surface area contributed by atoms with E-state index >= 15 is 0 Å². The average Bonchev–Trinajstić information content (AvgIpc) is 2.63. The highest BCUT2D eigenvalue weighted by Crippen LogP contribution is 2.18. The van der Waals surface area contributed by atoms with E-state index in [9.17, 15) is 9.18 Å². The van der Waals surface area contributed by atoms with Gasteiger partial charge in [0.15, 0.2) is 0 Å². The third kappa shape index (κ3) is 4.41. The second-order valence-electron chi connectivity index (χ2n) is 5.71. The van der Waals surface area contributed by atoms with Gasteiger partial charge in [0.1, 0.15) is 11.5 Å². The summed E-state index contributed by atoms with van der Waals surface area (Å²) in [5, 5.41) is 5.76. The summed E-state index contributed by atoms with van der Waals surface area (Å²) >= 11 is 0. The van der Waals surface area contributed by atoms with Crippen LogP contribution in [0.4, 0.5) is 15.8 Å². The van der Waals surface area contributed by atoms with Crippen LogP contribution in [0.1, 0.15) is 21.6 Å². The van der Waals surface area contributed by atoms with Crippen LogP contribution in [0.15, 0.2) is 66.9 Å². The van der Waals surface area contributed by atoms with Gasteiger partial charge in [-0.1, -0.05) is 42.0 Å². The van der Waals surface area contributed by atoms with Crippen molar-refractivity contribution in [2.75, 3.05) is 5.32 Å². The Bertz CT molecular complexity index is 861. The SMILES string of the molecule is Cc1ccc(CNC(=O)c2ccc(Nc3ccccc3F)cn2)cc1. The standard InChI is InChI=1S/C20H18FN3O/c1-14-6-8-15(9-7-14)12-23-20(25)19-11-10-16(13-22-19)24-18-5-3-2-4-17(18)21/h2-11,13,24H,12H2,1H3,(H,23,25).